The van der Waals surface area contributed by atoms with E-state index in [0.29, 0.717) is 34.3 Å². The highest BCUT2D eigenvalue weighted by molar-refractivity contribution is 6.12. The highest BCUT2D eigenvalue weighted by Crippen LogP contribution is 2.43. The van der Waals surface area contributed by atoms with Crippen molar-refractivity contribution in [1.29, 1.82) is 0 Å². The van der Waals surface area contributed by atoms with E-state index in [9.17, 15) is 13.2 Å². The van der Waals surface area contributed by atoms with Crippen molar-refractivity contribution in [3.63, 3.8) is 0 Å². The first-order chi connectivity index (χ1) is 29.7. The van der Waals surface area contributed by atoms with Crippen molar-refractivity contribution in [1.82, 2.24) is 19.5 Å². The summed E-state index contributed by atoms with van der Waals surface area (Å²) in [6.45, 7) is 4.19. The zero-order chi connectivity index (χ0) is 41.7. The summed E-state index contributed by atoms with van der Waals surface area (Å²) < 4.78 is 46.4. The van der Waals surface area contributed by atoms with E-state index < -0.39 is 11.7 Å². The molecule has 10 rings (SSSR count). The lowest BCUT2D eigenvalue weighted by molar-refractivity contribution is -0.137. The fraction of sp³-hybridized carbons (Fsp3) is 0.0556. The number of aryl methyl sites for hydroxylation is 2. The molecule has 0 spiro atoms. The lowest BCUT2D eigenvalue weighted by atomic mass is 9.96. The van der Waals surface area contributed by atoms with Gasteiger partial charge in [0.25, 0.3) is 0 Å². The van der Waals surface area contributed by atoms with Gasteiger partial charge in [-0.25, -0.2) is 15.0 Å². The molecule has 0 fully saturated rings. The Hall–Kier alpha value is -7.64. The number of rotatable bonds is 7. The van der Waals surface area contributed by atoms with E-state index in [2.05, 4.69) is 79.1 Å². The Labute approximate surface area is 351 Å². The van der Waals surface area contributed by atoms with Gasteiger partial charge >= 0.3 is 6.18 Å². The van der Waals surface area contributed by atoms with Crippen LogP contribution in [0.4, 0.5) is 13.2 Å². The predicted octanol–water partition coefficient (Wildman–Crippen LogP) is 14.6. The van der Waals surface area contributed by atoms with Crippen LogP contribution >= 0.6 is 0 Å². The Morgan fingerprint density at radius 3 is 1.31 bits per heavy atom. The molecular weight excluding hydrogens is 762 g/mol. The second kappa shape index (κ2) is 15.2. The molecule has 8 aromatic carbocycles. The number of hydrogen-bond donors (Lipinski definition) is 0. The van der Waals surface area contributed by atoms with E-state index in [1.165, 1.54) is 12.1 Å². The number of aromatic nitrogens is 4. The molecule has 0 unspecified atom stereocenters. The van der Waals surface area contributed by atoms with Crippen LogP contribution in [0.15, 0.2) is 188 Å². The highest BCUT2D eigenvalue weighted by Gasteiger charge is 2.33. The Balaban J connectivity index is 1.34. The number of benzene rings is 8. The maximum atomic E-state index is 14.7. The van der Waals surface area contributed by atoms with Gasteiger partial charge < -0.3 is 4.57 Å². The van der Waals surface area contributed by atoms with Crippen LogP contribution in [0.2, 0.25) is 0 Å². The van der Waals surface area contributed by atoms with Gasteiger partial charge in [-0.1, -0.05) is 158 Å². The first kappa shape index (κ1) is 37.6. The van der Waals surface area contributed by atoms with Crippen molar-refractivity contribution >= 4 is 21.8 Å². The Morgan fingerprint density at radius 2 is 0.803 bits per heavy atom. The van der Waals surface area contributed by atoms with Crippen molar-refractivity contribution in [2.75, 3.05) is 0 Å². The molecule has 0 radical (unpaired) electrons. The quantitative estimate of drug-likeness (QED) is 0.161. The van der Waals surface area contributed by atoms with Crippen molar-refractivity contribution in [3.8, 4) is 73.2 Å². The topological polar surface area (TPSA) is 43.6 Å². The molecule has 61 heavy (non-hydrogen) atoms. The fourth-order valence-electron chi connectivity index (χ4n) is 8.39. The summed E-state index contributed by atoms with van der Waals surface area (Å²) in [6, 6.07) is 60.1. The Kier molecular flexibility index (Phi) is 9.37. The van der Waals surface area contributed by atoms with Crippen LogP contribution in [0.1, 0.15) is 16.7 Å². The largest absolute Gasteiger partial charge is 0.417 e. The lowest BCUT2D eigenvalue weighted by Crippen LogP contribution is -2.07. The van der Waals surface area contributed by atoms with Gasteiger partial charge in [-0.2, -0.15) is 13.2 Å². The van der Waals surface area contributed by atoms with Gasteiger partial charge in [0.05, 0.1) is 22.3 Å². The number of halogens is 3. The summed E-state index contributed by atoms with van der Waals surface area (Å²) in [5, 5.41) is 2.00. The van der Waals surface area contributed by atoms with Crippen LogP contribution in [-0.2, 0) is 6.18 Å². The van der Waals surface area contributed by atoms with E-state index in [0.717, 1.165) is 72.4 Å². The maximum Gasteiger partial charge on any atom is 0.417 e. The van der Waals surface area contributed by atoms with Crippen LogP contribution in [0.5, 0.6) is 0 Å². The third-order valence-electron chi connectivity index (χ3n) is 11.4. The molecule has 2 heterocycles. The van der Waals surface area contributed by atoms with E-state index in [-0.39, 0.29) is 5.56 Å². The maximum absolute atomic E-state index is 14.7. The second-order valence-corrected chi connectivity index (χ2v) is 15.2. The highest BCUT2D eigenvalue weighted by atomic mass is 19.4. The SMILES string of the molecule is Cc1ccccc1-c1ccc2c3ccc(-c4ccccc4C)cc3n(-c3cc(-c4ccccc4C(F)(F)F)ccc3-c3nc(-c4ccccc4)nc(-c4ccccc4)n3)c2c1. The lowest BCUT2D eigenvalue weighted by Gasteiger charge is -2.18. The Morgan fingerprint density at radius 1 is 0.377 bits per heavy atom. The number of alkyl halides is 3. The van der Waals surface area contributed by atoms with Crippen molar-refractivity contribution in [3.05, 3.63) is 205 Å². The molecule has 2 aromatic heterocycles. The molecule has 0 atom stereocenters. The number of nitrogens with zero attached hydrogens (tertiary/aromatic N) is 4. The molecule has 294 valence electrons. The summed E-state index contributed by atoms with van der Waals surface area (Å²) in [6.07, 6.45) is -4.57. The molecule has 0 aliphatic heterocycles. The van der Waals surface area contributed by atoms with Gasteiger partial charge in [0.2, 0.25) is 0 Å². The van der Waals surface area contributed by atoms with E-state index in [4.69, 9.17) is 15.0 Å². The van der Waals surface area contributed by atoms with Crippen LogP contribution in [0, 0.1) is 13.8 Å². The molecule has 0 aliphatic rings. The van der Waals surface area contributed by atoms with Crippen LogP contribution in [-0.4, -0.2) is 19.5 Å². The molecule has 0 saturated heterocycles. The van der Waals surface area contributed by atoms with Gasteiger partial charge in [0, 0.05) is 27.5 Å². The van der Waals surface area contributed by atoms with Crippen molar-refractivity contribution < 1.29 is 13.2 Å². The molecule has 0 bridgehead atoms. The van der Waals surface area contributed by atoms with Gasteiger partial charge in [0.15, 0.2) is 17.5 Å². The third-order valence-corrected chi connectivity index (χ3v) is 11.4. The average Bonchev–Trinajstić information content (AvgIpc) is 3.62. The van der Waals surface area contributed by atoms with Crippen LogP contribution in [0.25, 0.3) is 95.0 Å². The predicted molar refractivity (Wildman–Crippen MR) is 241 cm³/mol. The summed E-state index contributed by atoms with van der Waals surface area (Å²) in [7, 11) is 0. The molecule has 4 nitrogen and oxygen atoms in total. The van der Waals surface area contributed by atoms with Crippen molar-refractivity contribution in [2.45, 2.75) is 20.0 Å². The molecule has 10 aromatic rings. The zero-order valence-electron chi connectivity index (χ0n) is 33.3. The van der Waals surface area contributed by atoms with Gasteiger partial charge in [0.1, 0.15) is 0 Å². The number of fused-ring (bicyclic) bond motifs is 3. The summed E-state index contributed by atoms with van der Waals surface area (Å²) in [5.74, 6) is 1.35. The smallest absolute Gasteiger partial charge is 0.308 e. The van der Waals surface area contributed by atoms with E-state index in [1.54, 1.807) is 12.1 Å². The molecule has 0 aliphatic carbocycles. The van der Waals surface area contributed by atoms with Crippen molar-refractivity contribution in [2.24, 2.45) is 0 Å². The molecule has 0 N–H and O–H groups in total. The first-order valence-corrected chi connectivity index (χ1v) is 20.1. The Bertz CT molecular complexity index is 3100. The molecule has 0 amide bonds. The minimum atomic E-state index is -4.57. The summed E-state index contributed by atoms with van der Waals surface area (Å²) in [4.78, 5) is 15.2. The number of hydrogen-bond acceptors (Lipinski definition) is 3. The van der Waals surface area contributed by atoms with Gasteiger partial charge in [-0.3, -0.25) is 0 Å². The minimum Gasteiger partial charge on any atom is -0.308 e. The van der Waals surface area contributed by atoms with Crippen LogP contribution in [0.3, 0.4) is 0 Å². The minimum absolute atomic E-state index is 0.0790. The monoisotopic (exact) mass is 798 g/mol. The third kappa shape index (κ3) is 6.94. The van der Waals surface area contributed by atoms with Crippen LogP contribution < -0.4 is 0 Å². The van der Waals surface area contributed by atoms with E-state index in [1.807, 2.05) is 97.1 Å². The standard InChI is InChI=1S/C54H37F3N4/c1-34-15-9-11-21-41(34)38-25-28-44-45-29-26-39(42-22-12-10-16-35(42)2)32-49(45)61(48(44)31-38)50-33-40(43-23-13-14-24-47(43)54(55,56)57)27-30-46(50)53-59-51(36-17-5-3-6-18-36)58-52(60-53)37-19-7-4-8-20-37/h3-33H,1-2H3. The first-order valence-electron chi connectivity index (χ1n) is 20.1. The summed E-state index contributed by atoms with van der Waals surface area (Å²) in [5.41, 5.74) is 10.9. The van der Waals surface area contributed by atoms with Gasteiger partial charge in [-0.05, 0) is 88.7 Å². The molecule has 7 heteroatoms. The normalized spacial score (nSPS) is 11.7. The van der Waals surface area contributed by atoms with E-state index >= 15 is 0 Å². The molecular formula is C54H37F3N4. The fourth-order valence-corrected chi connectivity index (χ4v) is 8.39. The zero-order valence-corrected chi connectivity index (χ0v) is 33.3. The average molecular weight is 799 g/mol. The molecule has 0 saturated carbocycles. The van der Waals surface area contributed by atoms with Gasteiger partial charge in [-0.15, -0.1) is 0 Å². The second-order valence-electron chi connectivity index (χ2n) is 15.2. The summed E-state index contributed by atoms with van der Waals surface area (Å²) >= 11 is 0.